The van der Waals surface area contributed by atoms with E-state index in [1.54, 1.807) is 0 Å². The Morgan fingerprint density at radius 3 is 2.67 bits per heavy atom. The minimum absolute atomic E-state index is 0.345. The molecule has 0 radical (unpaired) electrons. The molecule has 88 valence electrons. The Hall–Kier alpha value is -0.590. The largest absolute Gasteiger partial charge is 0.379 e. The molecule has 0 aliphatic heterocycles. The highest BCUT2D eigenvalue weighted by Gasteiger charge is 2.20. The van der Waals surface area contributed by atoms with Gasteiger partial charge in [-0.3, -0.25) is 0 Å². The molecule has 1 N–H and O–H groups in total. The average molecular weight is 212 g/mol. The van der Waals surface area contributed by atoms with Gasteiger partial charge in [0.2, 0.25) is 0 Å². The third-order valence-electron chi connectivity index (χ3n) is 2.72. The van der Waals surface area contributed by atoms with Gasteiger partial charge in [0.15, 0.2) is 0 Å². The van der Waals surface area contributed by atoms with Crippen molar-refractivity contribution in [2.24, 2.45) is 0 Å². The fourth-order valence-electron chi connectivity index (χ4n) is 1.44. The van der Waals surface area contributed by atoms with Crippen LogP contribution in [0.2, 0.25) is 0 Å². The number of hydrogen-bond donors (Lipinski definition) is 1. The maximum Gasteiger partial charge on any atom is 0.103 e. The van der Waals surface area contributed by atoms with Crippen LogP contribution < -0.4 is 5.32 Å². The Balaban J connectivity index is 3.58. The highest BCUT2D eigenvalue weighted by Crippen LogP contribution is 2.11. The van der Waals surface area contributed by atoms with Crippen LogP contribution in [0.5, 0.6) is 0 Å². The van der Waals surface area contributed by atoms with Gasteiger partial charge in [-0.1, -0.05) is 13.3 Å². The summed E-state index contributed by atoms with van der Waals surface area (Å²) in [6.07, 6.45) is 4.38. The van der Waals surface area contributed by atoms with E-state index in [1.165, 1.54) is 0 Å². The van der Waals surface area contributed by atoms with Crippen LogP contribution in [-0.2, 0) is 4.74 Å². The number of hydrogen-bond acceptors (Lipinski definition) is 3. The SMILES string of the molecule is CCCC(C)OCCCC(C)(C#N)NC. The van der Waals surface area contributed by atoms with Crippen LogP contribution in [0.25, 0.3) is 0 Å². The van der Waals surface area contributed by atoms with E-state index in [2.05, 4.69) is 25.2 Å². The molecule has 3 nitrogen and oxygen atoms in total. The van der Waals surface area contributed by atoms with Gasteiger partial charge < -0.3 is 10.1 Å². The van der Waals surface area contributed by atoms with Gasteiger partial charge in [-0.2, -0.15) is 5.26 Å². The second-order valence-corrected chi connectivity index (χ2v) is 4.27. The summed E-state index contributed by atoms with van der Waals surface area (Å²) in [5, 5.41) is 11.9. The molecule has 0 aromatic rings. The molecule has 0 aliphatic rings. The van der Waals surface area contributed by atoms with Gasteiger partial charge in [0.1, 0.15) is 5.54 Å². The molecular formula is C12H24N2O. The van der Waals surface area contributed by atoms with Crippen molar-refractivity contribution in [3.8, 4) is 6.07 Å². The van der Waals surface area contributed by atoms with E-state index in [4.69, 9.17) is 10.00 Å². The molecule has 15 heavy (non-hydrogen) atoms. The van der Waals surface area contributed by atoms with Gasteiger partial charge in [-0.25, -0.2) is 0 Å². The first-order valence-electron chi connectivity index (χ1n) is 5.79. The molecule has 0 aromatic carbocycles. The predicted molar refractivity (Wildman–Crippen MR) is 62.6 cm³/mol. The van der Waals surface area contributed by atoms with Gasteiger partial charge in [0.05, 0.1) is 12.2 Å². The van der Waals surface area contributed by atoms with Gasteiger partial charge in [-0.15, -0.1) is 0 Å². The molecule has 0 rings (SSSR count). The minimum atomic E-state index is -0.405. The summed E-state index contributed by atoms with van der Waals surface area (Å²) in [4.78, 5) is 0. The van der Waals surface area contributed by atoms with E-state index in [0.717, 1.165) is 32.3 Å². The lowest BCUT2D eigenvalue weighted by atomic mass is 9.98. The normalized spacial score (nSPS) is 16.7. The highest BCUT2D eigenvalue weighted by atomic mass is 16.5. The van der Waals surface area contributed by atoms with Crippen molar-refractivity contribution in [1.29, 1.82) is 5.26 Å². The first-order valence-corrected chi connectivity index (χ1v) is 5.79. The summed E-state index contributed by atoms with van der Waals surface area (Å²) in [7, 11) is 1.82. The van der Waals surface area contributed by atoms with E-state index in [0.29, 0.717) is 6.10 Å². The molecule has 2 atom stereocenters. The van der Waals surface area contributed by atoms with Crippen molar-refractivity contribution in [3.63, 3.8) is 0 Å². The number of ether oxygens (including phenoxy) is 1. The fourth-order valence-corrected chi connectivity index (χ4v) is 1.44. The molecular weight excluding hydrogens is 188 g/mol. The zero-order valence-corrected chi connectivity index (χ0v) is 10.5. The number of nitrogens with one attached hydrogen (secondary N) is 1. The molecule has 0 bridgehead atoms. The number of nitriles is 1. The molecule has 0 aromatic heterocycles. The Morgan fingerprint density at radius 2 is 2.20 bits per heavy atom. The lowest BCUT2D eigenvalue weighted by Gasteiger charge is -2.21. The van der Waals surface area contributed by atoms with Crippen LogP contribution in [-0.4, -0.2) is 25.3 Å². The van der Waals surface area contributed by atoms with Gasteiger partial charge in [-0.05, 0) is 40.2 Å². The van der Waals surface area contributed by atoms with Crippen LogP contribution >= 0.6 is 0 Å². The molecule has 0 fully saturated rings. The van der Waals surface area contributed by atoms with Crippen LogP contribution in [0, 0.1) is 11.3 Å². The third kappa shape index (κ3) is 6.48. The summed E-state index contributed by atoms with van der Waals surface area (Å²) in [6, 6.07) is 2.27. The molecule has 0 heterocycles. The molecule has 0 saturated carbocycles. The smallest absolute Gasteiger partial charge is 0.103 e. The van der Waals surface area contributed by atoms with E-state index in [9.17, 15) is 0 Å². The quantitative estimate of drug-likeness (QED) is 0.629. The van der Waals surface area contributed by atoms with Crippen molar-refractivity contribution in [3.05, 3.63) is 0 Å². The Bertz CT molecular complexity index is 200. The van der Waals surface area contributed by atoms with Crippen LogP contribution in [0.1, 0.15) is 46.5 Å². The van der Waals surface area contributed by atoms with Crippen LogP contribution in [0.15, 0.2) is 0 Å². The van der Waals surface area contributed by atoms with Crippen molar-refractivity contribution in [2.45, 2.75) is 58.1 Å². The van der Waals surface area contributed by atoms with Gasteiger partial charge in [0.25, 0.3) is 0 Å². The van der Waals surface area contributed by atoms with Crippen molar-refractivity contribution in [2.75, 3.05) is 13.7 Å². The van der Waals surface area contributed by atoms with Crippen molar-refractivity contribution < 1.29 is 4.74 Å². The number of nitrogens with zero attached hydrogens (tertiary/aromatic N) is 1. The predicted octanol–water partition coefficient (Wildman–Crippen LogP) is 2.47. The minimum Gasteiger partial charge on any atom is -0.379 e. The highest BCUT2D eigenvalue weighted by molar-refractivity contribution is 5.02. The second-order valence-electron chi connectivity index (χ2n) is 4.27. The van der Waals surface area contributed by atoms with Crippen LogP contribution in [0.4, 0.5) is 0 Å². The lowest BCUT2D eigenvalue weighted by molar-refractivity contribution is 0.0552. The first kappa shape index (κ1) is 14.4. The van der Waals surface area contributed by atoms with Crippen LogP contribution in [0.3, 0.4) is 0 Å². The van der Waals surface area contributed by atoms with Crippen molar-refractivity contribution >= 4 is 0 Å². The topological polar surface area (TPSA) is 45.0 Å². The van der Waals surface area contributed by atoms with Crippen molar-refractivity contribution in [1.82, 2.24) is 5.32 Å². The number of rotatable bonds is 8. The summed E-state index contributed by atoms with van der Waals surface area (Å²) in [5.41, 5.74) is -0.405. The Kier molecular flexibility index (Phi) is 7.37. The zero-order chi connectivity index (χ0) is 11.7. The fraction of sp³-hybridized carbons (Fsp3) is 0.917. The van der Waals surface area contributed by atoms with Gasteiger partial charge >= 0.3 is 0 Å². The van der Waals surface area contributed by atoms with E-state index < -0.39 is 5.54 Å². The average Bonchev–Trinajstić information content (AvgIpc) is 2.24. The molecule has 0 saturated heterocycles. The Morgan fingerprint density at radius 1 is 1.53 bits per heavy atom. The molecule has 0 amide bonds. The first-order chi connectivity index (χ1) is 7.08. The molecule has 3 heteroatoms. The summed E-state index contributed by atoms with van der Waals surface area (Å²) < 4.78 is 5.63. The summed E-state index contributed by atoms with van der Waals surface area (Å²) >= 11 is 0. The summed E-state index contributed by atoms with van der Waals surface area (Å²) in [6.45, 7) is 6.93. The maximum absolute atomic E-state index is 8.92. The third-order valence-corrected chi connectivity index (χ3v) is 2.72. The summed E-state index contributed by atoms with van der Waals surface area (Å²) in [5.74, 6) is 0. The molecule has 0 spiro atoms. The standard InChI is InChI=1S/C12H24N2O/c1-5-7-11(2)15-9-6-8-12(3,10-13)14-4/h11,14H,5-9H2,1-4H3. The van der Waals surface area contributed by atoms with E-state index >= 15 is 0 Å². The van der Waals surface area contributed by atoms with E-state index in [1.807, 2.05) is 14.0 Å². The maximum atomic E-state index is 8.92. The molecule has 0 aliphatic carbocycles. The Labute approximate surface area is 93.8 Å². The van der Waals surface area contributed by atoms with Gasteiger partial charge in [0, 0.05) is 6.61 Å². The van der Waals surface area contributed by atoms with E-state index in [-0.39, 0.29) is 0 Å². The zero-order valence-electron chi connectivity index (χ0n) is 10.5. The monoisotopic (exact) mass is 212 g/mol. The lowest BCUT2D eigenvalue weighted by Crippen LogP contribution is -2.38. The second kappa shape index (κ2) is 7.67. The molecule has 2 unspecified atom stereocenters.